The Balaban J connectivity index is 1.73. The quantitative estimate of drug-likeness (QED) is 0.827. The van der Waals surface area contributed by atoms with Crippen molar-refractivity contribution >= 4 is 38.3 Å². The zero-order chi connectivity index (χ0) is 13.0. The van der Waals surface area contributed by atoms with Crippen LogP contribution in [-0.4, -0.2) is 43.9 Å². The van der Waals surface area contributed by atoms with Crippen molar-refractivity contribution in [3.8, 4) is 0 Å². The van der Waals surface area contributed by atoms with Crippen LogP contribution in [0.25, 0.3) is 0 Å². The lowest BCUT2D eigenvalue weighted by Gasteiger charge is -2.15. The average Bonchev–Trinajstić information content (AvgIpc) is 2.99. The molecular formula is C11H15BrN2O3S. The molecule has 1 aromatic heterocycles. The predicted molar refractivity (Wildman–Crippen MR) is 73.0 cm³/mol. The number of nitrogens with zero attached hydrogens (tertiary/aromatic N) is 2. The van der Waals surface area contributed by atoms with Gasteiger partial charge >= 0.3 is 0 Å². The summed E-state index contributed by atoms with van der Waals surface area (Å²) in [5, 5.41) is 0.660. The Morgan fingerprint density at radius 2 is 2.61 bits per heavy atom. The first-order chi connectivity index (χ1) is 8.66. The predicted octanol–water partition coefficient (Wildman–Crippen LogP) is 2.06. The van der Waals surface area contributed by atoms with Gasteiger partial charge in [0.1, 0.15) is 6.61 Å². The van der Waals surface area contributed by atoms with E-state index >= 15 is 0 Å². The third-order valence-corrected chi connectivity index (χ3v) is 4.23. The third kappa shape index (κ3) is 3.74. The zero-order valence-corrected chi connectivity index (χ0v) is 12.5. The van der Waals surface area contributed by atoms with Gasteiger partial charge in [-0.05, 0) is 28.8 Å². The van der Waals surface area contributed by atoms with E-state index in [-0.39, 0.29) is 18.6 Å². The van der Waals surface area contributed by atoms with Crippen LogP contribution in [0.4, 0.5) is 5.13 Å². The van der Waals surface area contributed by atoms with Gasteiger partial charge in [-0.2, -0.15) is 0 Å². The van der Waals surface area contributed by atoms with Gasteiger partial charge in [-0.3, -0.25) is 9.69 Å². The van der Waals surface area contributed by atoms with E-state index < -0.39 is 0 Å². The summed E-state index contributed by atoms with van der Waals surface area (Å²) < 4.78 is 11.7. The molecule has 0 aliphatic carbocycles. The van der Waals surface area contributed by atoms with Crippen molar-refractivity contribution in [2.24, 2.45) is 0 Å². The molecular weight excluding hydrogens is 320 g/mol. The number of aromatic nitrogens is 1. The van der Waals surface area contributed by atoms with Crippen molar-refractivity contribution < 1.29 is 14.3 Å². The number of rotatable bonds is 5. The maximum atomic E-state index is 11.8. The van der Waals surface area contributed by atoms with E-state index in [1.807, 2.05) is 0 Å². The fourth-order valence-electron chi connectivity index (χ4n) is 1.66. The summed E-state index contributed by atoms with van der Waals surface area (Å²) in [6, 6.07) is 0. The van der Waals surface area contributed by atoms with Gasteiger partial charge in [-0.25, -0.2) is 4.98 Å². The monoisotopic (exact) mass is 334 g/mol. The van der Waals surface area contributed by atoms with Crippen molar-refractivity contribution in [3.63, 3.8) is 0 Å². The second-order valence-electron chi connectivity index (χ2n) is 4.05. The highest BCUT2D eigenvalue weighted by Gasteiger charge is 2.18. The second-order valence-corrected chi connectivity index (χ2v) is 6.44. The molecule has 1 aliphatic rings. The molecule has 1 unspecified atom stereocenters. The largest absolute Gasteiger partial charge is 0.376 e. The summed E-state index contributed by atoms with van der Waals surface area (Å²) in [7, 11) is 1.70. The molecule has 7 heteroatoms. The van der Waals surface area contributed by atoms with Crippen LogP contribution in [0.5, 0.6) is 0 Å². The van der Waals surface area contributed by atoms with Gasteiger partial charge in [-0.15, -0.1) is 0 Å². The van der Waals surface area contributed by atoms with Gasteiger partial charge in [0, 0.05) is 13.7 Å². The minimum Gasteiger partial charge on any atom is -0.376 e. The van der Waals surface area contributed by atoms with E-state index in [0.29, 0.717) is 11.7 Å². The molecule has 1 aromatic rings. The second kappa shape index (κ2) is 6.60. The molecule has 0 N–H and O–H groups in total. The standard InChI is InChI=1S/C11H15BrN2O3S/c1-14(11-13-5-9(12)18-11)10(15)7-16-6-8-3-2-4-17-8/h5,8H,2-4,6-7H2,1H3. The molecule has 1 atom stereocenters. The average molecular weight is 335 g/mol. The highest BCUT2D eigenvalue weighted by molar-refractivity contribution is 9.11. The zero-order valence-electron chi connectivity index (χ0n) is 10.1. The van der Waals surface area contributed by atoms with Crippen molar-refractivity contribution in [3.05, 3.63) is 9.98 Å². The summed E-state index contributed by atoms with van der Waals surface area (Å²) >= 11 is 4.73. The van der Waals surface area contributed by atoms with Crippen LogP contribution in [0.2, 0.25) is 0 Å². The minimum atomic E-state index is -0.102. The fraction of sp³-hybridized carbons (Fsp3) is 0.636. The van der Waals surface area contributed by atoms with Crippen molar-refractivity contribution in [2.45, 2.75) is 18.9 Å². The number of likely N-dealkylation sites (N-methyl/N-ethyl adjacent to an activating group) is 1. The lowest BCUT2D eigenvalue weighted by atomic mass is 10.2. The molecule has 5 nitrogen and oxygen atoms in total. The Hall–Kier alpha value is -0.500. The van der Waals surface area contributed by atoms with Gasteiger partial charge in [0.2, 0.25) is 0 Å². The van der Waals surface area contributed by atoms with Crippen molar-refractivity contribution in [2.75, 3.05) is 31.8 Å². The van der Waals surface area contributed by atoms with E-state index in [1.54, 1.807) is 13.2 Å². The van der Waals surface area contributed by atoms with Crippen LogP contribution in [0, 0.1) is 0 Å². The van der Waals surface area contributed by atoms with Crippen LogP contribution in [-0.2, 0) is 14.3 Å². The Labute approximate surface area is 118 Å². The number of hydrogen-bond acceptors (Lipinski definition) is 5. The number of carbonyl (C=O) groups is 1. The SMILES string of the molecule is CN(C(=O)COCC1CCCO1)c1ncc(Br)s1. The Bertz CT molecular complexity index is 407. The number of amides is 1. The first-order valence-corrected chi connectivity index (χ1v) is 7.35. The topological polar surface area (TPSA) is 51.7 Å². The molecule has 0 aromatic carbocycles. The fourth-order valence-corrected chi connectivity index (χ4v) is 2.82. The van der Waals surface area contributed by atoms with E-state index in [1.165, 1.54) is 16.2 Å². The molecule has 0 saturated carbocycles. The Morgan fingerprint density at radius 1 is 1.78 bits per heavy atom. The summed E-state index contributed by atoms with van der Waals surface area (Å²) in [5.74, 6) is -0.102. The molecule has 0 radical (unpaired) electrons. The van der Waals surface area contributed by atoms with E-state index in [9.17, 15) is 4.79 Å². The highest BCUT2D eigenvalue weighted by Crippen LogP contribution is 2.25. The molecule has 0 spiro atoms. The number of carbonyl (C=O) groups excluding carboxylic acids is 1. The molecule has 2 rings (SSSR count). The Morgan fingerprint density at radius 3 is 3.22 bits per heavy atom. The van der Waals surface area contributed by atoms with Gasteiger partial charge < -0.3 is 9.47 Å². The number of thiazole rings is 1. The molecule has 18 heavy (non-hydrogen) atoms. The van der Waals surface area contributed by atoms with Crippen molar-refractivity contribution in [1.82, 2.24) is 4.98 Å². The maximum absolute atomic E-state index is 11.8. The van der Waals surface area contributed by atoms with E-state index in [4.69, 9.17) is 9.47 Å². The van der Waals surface area contributed by atoms with Gasteiger partial charge in [0.15, 0.2) is 5.13 Å². The van der Waals surface area contributed by atoms with Crippen LogP contribution >= 0.6 is 27.3 Å². The van der Waals surface area contributed by atoms with Gasteiger partial charge in [0.25, 0.3) is 5.91 Å². The summed E-state index contributed by atoms with van der Waals surface area (Å²) in [6.45, 7) is 1.35. The molecule has 2 heterocycles. The van der Waals surface area contributed by atoms with Crippen LogP contribution < -0.4 is 4.90 Å². The van der Waals surface area contributed by atoms with Crippen LogP contribution in [0.3, 0.4) is 0 Å². The first kappa shape index (κ1) is 13.9. The summed E-state index contributed by atoms with van der Waals surface area (Å²) in [5.41, 5.74) is 0. The number of ether oxygens (including phenoxy) is 2. The van der Waals surface area contributed by atoms with E-state index in [2.05, 4.69) is 20.9 Å². The lowest BCUT2D eigenvalue weighted by molar-refractivity contribution is -0.123. The third-order valence-electron chi connectivity index (χ3n) is 2.68. The summed E-state index contributed by atoms with van der Waals surface area (Å²) in [4.78, 5) is 17.5. The van der Waals surface area contributed by atoms with Crippen molar-refractivity contribution in [1.29, 1.82) is 0 Å². The van der Waals surface area contributed by atoms with Gasteiger partial charge in [0.05, 0.1) is 22.7 Å². The lowest BCUT2D eigenvalue weighted by Crippen LogP contribution is -2.31. The smallest absolute Gasteiger partial charge is 0.254 e. The molecule has 1 amide bonds. The Kier molecular flexibility index (Phi) is 5.11. The number of halogens is 1. The molecule has 100 valence electrons. The number of hydrogen-bond donors (Lipinski definition) is 0. The van der Waals surface area contributed by atoms with Crippen LogP contribution in [0.15, 0.2) is 9.98 Å². The number of anilines is 1. The first-order valence-electron chi connectivity index (χ1n) is 5.74. The van der Waals surface area contributed by atoms with E-state index in [0.717, 1.165) is 23.2 Å². The highest BCUT2D eigenvalue weighted by atomic mass is 79.9. The molecule has 0 bridgehead atoms. The molecule has 1 saturated heterocycles. The summed E-state index contributed by atoms with van der Waals surface area (Å²) in [6.07, 6.45) is 3.92. The molecule has 1 fully saturated rings. The van der Waals surface area contributed by atoms with Gasteiger partial charge in [-0.1, -0.05) is 11.3 Å². The maximum Gasteiger partial charge on any atom is 0.254 e. The minimum absolute atomic E-state index is 0.0631. The normalized spacial score (nSPS) is 19.1. The molecule has 1 aliphatic heterocycles. The van der Waals surface area contributed by atoms with Crippen LogP contribution in [0.1, 0.15) is 12.8 Å².